The first-order valence-corrected chi connectivity index (χ1v) is 33.4. The molecule has 0 saturated carbocycles. The molecule has 0 atom stereocenters. The first kappa shape index (κ1) is 68.3. The minimum absolute atomic E-state index is 1.26. The van der Waals surface area contributed by atoms with Crippen LogP contribution < -0.4 is 0 Å². The Kier molecular flexibility index (Phi) is 61.0. The van der Waals surface area contributed by atoms with E-state index in [0.29, 0.717) is 0 Å². The van der Waals surface area contributed by atoms with Crippen molar-refractivity contribution in [2.24, 2.45) is 0 Å². The third kappa shape index (κ3) is 56.5. The van der Waals surface area contributed by atoms with Gasteiger partial charge in [-0.2, -0.15) is 0 Å². The van der Waals surface area contributed by atoms with Crippen molar-refractivity contribution in [3.63, 3.8) is 0 Å². The van der Waals surface area contributed by atoms with Crippen LogP contribution in [-0.4, -0.2) is 36.0 Å². The van der Waals surface area contributed by atoms with Gasteiger partial charge in [0.15, 0.2) is 0 Å². The summed E-state index contributed by atoms with van der Waals surface area (Å²) in [5.74, 6) is 0. The SMILES string of the molecule is CCCCCCCCCCCCCCCCN(/C=C(\C)N(CCCCCCCCCCCCCCCC)CCCCCCCCCCCCCCCC)CCCCCCCCCCCCCCCC. The molecule has 0 spiro atoms. The summed E-state index contributed by atoms with van der Waals surface area (Å²) in [6, 6.07) is 0. The average Bonchev–Trinajstić information content (AvgIpc) is 3.35. The Labute approximate surface area is 440 Å². The van der Waals surface area contributed by atoms with Crippen LogP contribution in [0.25, 0.3) is 0 Å². The fourth-order valence-electron chi connectivity index (χ4n) is 11.1. The zero-order valence-corrected chi connectivity index (χ0v) is 49.4. The van der Waals surface area contributed by atoms with Gasteiger partial charge in [0.1, 0.15) is 0 Å². The third-order valence-corrected chi connectivity index (χ3v) is 16.0. The summed E-state index contributed by atoms with van der Waals surface area (Å²) >= 11 is 0. The Morgan fingerprint density at radius 2 is 0.348 bits per heavy atom. The highest BCUT2D eigenvalue weighted by Crippen LogP contribution is 2.20. The first-order chi connectivity index (χ1) is 34.2. The number of unbranched alkanes of at least 4 members (excludes halogenated alkanes) is 52. The van der Waals surface area contributed by atoms with Crippen molar-refractivity contribution in [1.82, 2.24) is 9.80 Å². The van der Waals surface area contributed by atoms with E-state index >= 15 is 0 Å². The van der Waals surface area contributed by atoms with Gasteiger partial charge in [-0.05, 0) is 32.6 Å². The normalized spacial score (nSPS) is 11.9. The molecule has 0 aliphatic heterocycles. The van der Waals surface area contributed by atoms with Crippen LogP contribution in [-0.2, 0) is 0 Å². The molecule has 0 saturated heterocycles. The zero-order valence-electron chi connectivity index (χ0n) is 49.4. The van der Waals surface area contributed by atoms with Crippen molar-refractivity contribution < 1.29 is 0 Å². The highest BCUT2D eigenvalue weighted by molar-refractivity contribution is 4.97. The summed E-state index contributed by atoms with van der Waals surface area (Å²) in [7, 11) is 0. The predicted octanol–water partition coefficient (Wildman–Crippen LogP) is 24.4. The number of allylic oxidation sites excluding steroid dienone is 1. The highest BCUT2D eigenvalue weighted by atomic mass is 15.2. The minimum atomic E-state index is 1.26. The van der Waals surface area contributed by atoms with E-state index in [0.717, 1.165) is 0 Å². The van der Waals surface area contributed by atoms with Gasteiger partial charge in [0, 0.05) is 38.1 Å². The number of rotatable bonds is 62. The van der Waals surface area contributed by atoms with Gasteiger partial charge < -0.3 is 9.80 Å². The van der Waals surface area contributed by atoms with E-state index in [1.54, 1.807) is 5.70 Å². The average molecular weight is 970 g/mol. The molecule has 0 unspecified atom stereocenters. The second kappa shape index (κ2) is 61.6. The van der Waals surface area contributed by atoms with Crippen LogP contribution >= 0.6 is 0 Å². The van der Waals surface area contributed by atoms with Crippen LogP contribution in [0, 0.1) is 0 Å². The second-order valence-corrected chi connectivity index (χ2v) is 23.2. The van der Waals surface area contributed by atoms with Crippen LogP contribution in [0.4, 0.5) is 0 Å². The molecular formula is C67H136N2. The Bertz CT molecular complexity index is 862. The Morgan fingerprint density at radius 3 is 0.522 bits per heavy atom. The largest absolute Gasteiger partial charge is 0.376 e. The van der Waals surface area contributed by atoms with Gasteiger partial charge in [-0.15, -0.1) is 0 Å². The van der Waals surface area contributed by atoms with E-state index in [9.17, 15) is 0 Å². The molecule has 0 aromatic heterocycles. The van der Waals surface area contributed by atoms with Crippen LogP contribution in [0.15, 0.2) is 11.9 Å². The molecule has 2 nitrogen and oxygen atoms in total. The molecule has 0 aliphatic rings. The molecule has 0 fully saturated rings. The highest BCUT2D eigenvalue weighted by Gasteiger charge is 2.10. The van der Waals surface area contributed by atoms with Gasteiger partial charge in [-0.3, -0.25) is 0 Å². The summed E-state index contributed by atoms with van der Waals surface area (Å²) < 4.78 is 0. The van der Waals surface area contributed by atoms with Gasteiger partial charge in [0.05, 0.1) is 0 Å². The minimum Gasteiger partial charge on any atom is -0.376 e. The van der Waals surface area contributed by atoms with Crippen molar-refractivity contribution in [2.75, 3.05) is 26.2 Å². The molecule has 2 heteroatoms. The second-order valence-electron chi connectivity index (χ2n) is 23.2. The molecule has 0 rings (SSSR count). The smallest absolute Gasteiger partial charge is 0.0262 e. The topological polar surface area (TPSA) is 6.48 Å². The van der Waals surface area contributed by atoms with Crippen molar-refractivity contribution >= 4 is 0 Å². The number of hydrogen-bond donors (Lipinski definition) is 0. The summed E-state index contributed by atoms with van der Waals surface area (Å²) in [5, 5.41) is 0. The molecule has 0 amide bonds. The fraction of sp³-hybridized carbons (Fsp3) is 0.970. The van der Waals surface area contributed by atoms with Crippen LogP contribution in [0.1, 0.15) is 394 Å². The molecule has 0 heterocycles. The Balaban J connectivity index is 5.02. The molecule has 69 heavy (non-hydrogen) atoms. The summed E-state index contributed by atoms with van der Waals surface area (Å²) in [6.45, 7) is 16.9. The summed E-state index contributed by atoms with van der Waals surface area (Å²) in [6.07, 6.45) is 83.6. The van der Waals surface area contributed by atoms with Gasteiger partial charge >= 0.3 is 0 Å². The van der Waals surface area contributed by atoms with E-state index in [4.69, 9.17) is 0 Å². The number of hydrogen-bond acceptors (Lipinski definition) is 2. The predicted molar refractivity (Wildman–Crippen MR) is 318 cm³/mol. The third-order valence-electron chi connectivity index (χ3n) is 16.0. The van der Waals surface area contributed by atoms with Crippen LogP contribution in [0.2, 0.25) is 0 Å². The lowest BCUT2D eigenvalue weighted by molar-refractivity contribution is 0.297. The lowest BCUT2D eigenvalue weighted by Gasteiger charge is -2.29. The monoisotopic (exact) mass is 969 g/mol. The lowest BCUT2D eigenvalue weighted by atomic mass is 10.0. The fourth-order valence-corrected chi connectivity index (χ4v) is 11.1. The van der Waals surface area contributed by atoms with Crippen LogP contribution in [0.5, 0.6) is 0 Å². The van der Waals surface area contributed by atoms with Crippen molar-refractivity contribution in [3.05, 3.63) is 11.9 Å². The molecular weight excluding hydrogens is 833 g/mol. The van der Waals surface area contributed by atoms with E-state index in [1.807, 2.05) is 0 Å². The van der Waals surface area contributed by atoms with E-state index in [-0.39, 0.29) is 0 Å². The van der Waals surface area contributed by atoms with E-state index in [1.165, 1.54) is 386 Å². The van der Waals surface area contributed by atoms with Gasteiger partial charge in [-0.25, -0.2) is 0 Å². The summed E-state index contributed by atoms with van der Waals surface area (Å²) in [5.41, 5.74) is 1.56. The van der Waals surface area contributed by atoms with Crippen molar-refractivity contribution in [1.29, 1.82) is 0 Å². The molecule has 0 aromatic rings. The Hall–Kier alpha value is -0.660. The van der Waals surface area contributed by atoms with Crippen molar-refractivity contribution in [2.45, 2.75) is 394 Å². The van der Waals surface area contributed by atoms with Gasteiger partial charge in [-0.1, -0.05) is 362 Å². The zero-order chi connectivity index (χ0) is 49.9. The standard InChI is InChI=1S/C67H136N2/c1-6-10-14-18-22-26-30-34-38-42-46-50-54-58-62-68(63-59-55-51-47-43-39-35-31-27-23-19-15-11-7-2)66-67(5)69(64-60-56-52-48-44-40-36-32-28-24-20-16-12-8-3)65-61-57-53-49-45-41-37-33-29-25-21-17-13-9-4/h66H,6-65H2,1-5H3/b67-66+. The maximum absolute atomic E-state index is 2.84. The van der Waals surface area contributed by atoms with Crippen LogP contribution in [0.3, 0.4) is 0 Å². The molecule has 0 aromatic carbocycles. The van der Waals surface area contributed by atoms with Crippen molar-refractivity contribution in [3.8, 4) is 0 Å². The molecule has 0 bridgehead atoms. The molecule has 0 aliphatic carbocycles. The Morgan fingerprint density at radius 1 is 0.203 bits per heavy atom. The maximum Gasteiger partial charge on any atom is 0.0262 e. The molecule has 0 N–H and O–H groups in total. The van der Waals surface area contributed by atoms with E-state index in [2.05, 4.69) is 50.6 Å². The molecule has 414 valence electrons. The quantitative estimate of drug-likeness (QED) is 0.0561. The van der Waals surface area contributed by atoms with Gasteiger partial charge in [0.25, 0.3) is 0 Å². The van der Waals surface area contributed by atoms with Gasteiger partial charge in [0.2, 0.25) is 0 Å². The first-order valence-electron chi connectivity index (χ1n) is 33.4. The lowest BCUT2D eigenvalue weighted by Crippen LogP contribution is -2.28. The summed E-state index contributed by atoms with van der Waals surface area (Å²) in [4.78, 5) is 5.63. The number of nitrogens with zero attached hydrogens (tertiary/aromatic N) is 2. The molecule has 0 radical (unpaired) electrons. The maximum atomic E-state index is 2.84. The van der Waals surface area contributed by atoms with E-state index < -0.39 is 0 Å².